The molecule has 0 saturated carbocycles. The summed E-state index contributed by atoms with van der Waals surface area (Å²) in [6, 6.07) is 8.48. The molecule has 0 bridgehead atoms. The second-order valence-electron chi connectivity index (χ2n) is 4.10. The molecule has 1 aromatic carbocycles. The van der Waals surface area contributed by atoms with Crippen LogP contribution in [0.25, 0.3) is 0 Å². The van der Waals surface area contributed by atoms with E-state index in [9.17, 15) is 9.59 Å². The molecule has 3 N–H and O–H groups in total. The van der Waals surface area contributed by atoms with Crippen LogP contribution in [0, 0.1) is 11.3 Å². The molecule has 6 heteroatoms. The fourth-order valence-corrected chi connectivity index (χ4v) is 1.62. The Morgan fingerprint density at radius 1 is 1.37 bits per heavy atom. The van der Waals surface area contributed by atoms with E-state index in [1.165, 1.54) is 6.92 Å². The molecular weight excluding hydrogens is 246 g/mol. The van der Waals surface area contributed by atoms with Crippen molar-refractivity contribution >= 4 is 12.0 Å². The van der Waals surface area contributed by atoms with Gasteiger partial charge in [-0.15, -0.1) is 0 Å². The van der Waals surface area contributed by atoms with Crippen LogP contribution in [-0.2, 0) is 11.2 Å². The molecule has 1 rings (SSSR count). The predicted molar refractivity (Wildman–Crippen MR) is 68.5 cm³/mol. The van der Waals surface area contributed by atoms with Gasteiger partial charge < -0.3 is 15.7 Å². The highest BCUT2D eigenvalue weighted by atomic mass is 16.4. The molecule has 100 valence electrons. The number of carboxylic acid groups (broad SMARTS) is 1. The van der Waals surface area contributed by atoms with Gasteiger partial charge in [-0.1, -0.05) is 12.1 Å². The minimum Gasteiger partial charge on any atom is -0.465 e. The smallest absolute Gasteiger partial charge is 0.404 e. The average molecular weight is 261 g/mol. The first-order valence-corrected chi connectivity index (χ1v) is 5.74. The van der Waals surface area contributed by atoms with E-state index >= 15 is 0 Å². The minimum atomic E-state index is -1.14. The molecule has 0 aliphatic rings. The van der Waals surface area contributed by atoms with Crippen molar-refractivity contribution in [3.63, 3.8) is 0 Å². The lowest BCUT2D eigenvalue weighted by Crippen LogP contribution is -2.44. The normalized spacial score (nSPS) is 11.2. The zero-order valence-electron chi connectivity index (χ0n) is 10.5. The zero-order valence-corrected chi connectivity index (χ0v) is 10.5. The Hall–Kier alpha value is -2.55. The Morgan fingerprint density at radius 3 is 2.47 bits per heavy atom. The van der Waals surface area contributed by atoms with E-state index in [2.05, 4.69) is 10.6 Å². The maximum absolute atomic E-state index is 10.8. The number of hydrogen-bond acceptors (Lipinski definition) is 3. The van der Waals surface area contributed by atoms with Gasteiger partial charge in [-0.25, -0.2) is 4.79 Å². The largest absolute Gasteiger partial charge is 0.465 e. The Labute approximate surface area is 111 Å². The van der Waals surface area contributed by atoms with Gasteiger partial charge in [0.1, 0.15) is 0 Å². The predicted octanol–water partition coefficient (Wildman–Crippen LogP) is 0.873. The van der Waals surface area contributed by atoms with E-state index in [0.717, 1.165) is 5.56 Å². The number of carbonyl (C=O) groups is 2. The summed E-state index contributed by atoms with van der Waals surface area (Å²) in [5.74, 6) is -0.211. The molecular formula is C13H15N3O3. The van der Waals surface area contributed by atoms with Crippen molar-refractivity contribution in [2.24, 2.45) is 0 Å². The Morgan fingerprint density at radius 2 is 2.00 bits per heavy atom. The van der Waals surface area contributed by atoms with Crippen LogP contribution in [0.5, 0.6) is 0 Å². The number of benzene rings is 1. The topological polar surface area (TPSA) is 102 Å². The van der Waals surface area contributed by atoms with Crippen molar-refractivity contribution in [1.82, 2.24) is 10.6 Å². The lowest BCUT2D eigenvalue weighted by Gasteiger charge is -2.17. The second-order valence-corrected chi connectivity index (χ2v) is 4.10. The first-order chi connectivity index (χ1) is 9.01. The molecule has 0 aliphatic heterocycles. The van der Waals surface area contributed by atoms with Gasteiger partial charge in [0.25, 0.3) is 0 Å². The van der Waals surface area contributed by atoms with Gasteiger partial charge in [0.05, 0.1) is 17.7 Å². The van der Waals surface area contributed by atoms with E-state index in [1.807, 2.05) is 6.07 Å². The zero-order chi connectivity index (χ0) is 14.3. The standard InChI is InChI=1S/C13H15N3O3/c1-9(17)15-8-12(16-13(18)19)6-10-2-4-11(7-14)5-3-10/h2-5,12,16H,6,8H2,1H3,(H,15,17)(H,18,19)/t12-/m1/s1. The van der Waals surface area contributed by atoms with Crippen LogP contribution in [0.15, 0.2) is 24.3 Å². The monoisotopic (exact) mass is 261 g/mol. The lowest BCUT2D eigenvalue weighted by atomic mass is 10.0. The highest BCUT2D eigenvalue weighted by molar-refractivity contribution is 5.73. The van der Waals surface area contributed by atoms with Crippen molar-refractivity contribution in [3.05, 3.63) is 35.4 Å². The highest BCUT2D eigenvalue weighted by Crippen LogP contribution is 2.06. The van der Waals surface area contributed by atoms with E-state index in [0.29, 0.717) is 12.0 Å². The summed E-state index contributed by atoms with van der Waals surface area (Å²) in [7, 11) is 0. The van der Waals surface area contributed by atoms with Crippen LogP contribution in [0.3, 0.4) is 0 Å². The molecule has 19 heavy (non-hydrogen) atoms. The summed E-state index contributed by atoms with van der Waals surface area (Å²) in [4.78, 5) is 21.5. The molecule has 0 unspecified atom stereocenters. The minimum absolute atomic E-state index is 0.211. The summed E-state index contributed by atoms with van der Waals surface area (Å²) >= 11 is 0. The maximum Gasteiger partial charge on any atom is 0.404 e. The van der Waals surface area contributed by atoms with E-state index in [1.54, 1.807) is 24.3 Å². The van der Waals surface area contributed by atoms with Gasteiger partial charge in [0, 0.05) is 13.5 Å². The third kappa shape index (κ3) is 5.55. The maximum atomic E-state index is 10.8. The number of nitrogens with zero attached hydrogens (tertiary/aromatic N) is 1. The fraction of sp³-hybridized carbons (Fsp3) is 0.308. The van der Waals surface area contributed by atoms with Gasteiger partial charge in [0.2, 0.25) is 5.91 Å². The summed E-state index contributed by atoms with van der Waals surface area (Å²) in [6.45, 7) is 1.60. The van der Waals surface area contributed by atoms with Gasteiger partial charge in [-0.05, 0) is 24.1 Å². The first kappa shape index (κ1) is 14.5. The molecule has 6 nitrogen and oxygen atoms in total. The van der Waals surface area contributed by atoms with Gasteiger partial charge in [-0.2, -0.15) is 5.26 Å². The van der Waals surface area contributed by atoms with Crippen LogP contribution in [-0.4, -0.2) is 29.7 Å². The summed E-state index contributed by atoms with van der Waals surface area (Å²) in [5.41, 5.74) is 1.44. The Balaban J connectivity index is 2.66. The number of rotatable bonds is 5. The van der Waals surface area contributed by atoms with Crippen molar-refractivity contribution < 1.29 is 14.7 Å². The van der Waals surface area contributed by atoms with Crippen LogP contribution >= 0.6 is 0 Å². The van der Waals surface area contributed by atoms with Gasteiger partial charge in [0.15, 0.2) is 0 Å². The number of carbonyl (C=O) groups excluding carboxylic acids is 1. The quantitative estimate of drug-likeness (QED) is 0.731. The SMILES string of the molecule is CC(=O)NC[C@@H](Cc1ccc(C#N)cc1)NC(=O)O. The molecule has 0 spiro atoms. The number of amides is 2. The molecule has 1 aromatic rings. The molecule has 0 radical (unpaired) electrons. The third-order valence-corrected chi connectivity index (χ3v) is 2.49. The summed E-state index contributed by atoms with van der Waals surface area (Å²) in [5, 5.41) is 22.4. The van der Waals surface area contributed by atoms with Crippen molar-refractivity contribution in [2.45, 2.75) is 19.4 Å². The fourth-order valence-electron chi connectivity index (χ4n) is 1.62. The summed E-state index contributed by atoms with van der Waals surface area (Å²) in [6.07, 6.45) is -0.692. The Kier molecular flexibility index (Phi) is 5.35. The number of nitrogens with one attached hydrogen (secondary N) is 2. The van der Waals surface area contributed by atoms with E-state index in [4.69, 9.17) is 10.4 Å². The van der Waals surface area contributed by atoms with Gasteiger partial charge in [-0.3, -0.25) is 4.79 Å². The molecule has 0 heterocycles. The molecule has 2 amide bonds. The van der Waals surface area contributed by atoms with Crippen LogP contribution < -0.4 is 10.6 Å². The number of nitriles is 1. The molecule has 0 fully saturated rings. The van der Waals surface area contributed by atoms with Gasteiger partial charge >= 0.3 is 6.09 Å². The lowest BCUT2D eigenvalue weighted by molar-refractivity contribution is -0.119. The van der Waals surface area contributed by atoms with Crippen molar-refractivity contribution in [1.29, 1.82) is 5.26 Å². The van der Waals surface area contributed by atoms with E-state index < -0.39 is 12.1 Å². The average Bonchev–Trinajstić information content (AvgIpc) is 2.36. The highest BCUT2D eigenvalue weighted by Gasteiger charge is 2.12. The molecule has 0 saturated heterocycles. The van der Waals surface area contributed by atoms with Crippen LogP contribution in [0.1, 0.15) is 18.1 Å². The summed E-state index contributed by atoms with van der Waals surface area (Å²) < 4.78 is 0. The molecule has 1 atom stereocenters. The molecule has 0 aromatic heterocycles. The van der Waals surface area contributed by atoms with E-state index in [-0.39, 0.29) is 12.5 Å². The molecule has 0 aliphatic carbocycles. The first-order valence-electron chi connectivity index (χ1n) is 5.74. The van der Waals surface area contributed by atoms with Crippen molar-refractivity contribution in [3.8, 4) is 6.07 Å². The Bertz CT molecular complexity index is 491. The number of hydrogen-bond donors (Lipinski definition) is 3. The van der Waals surface area contributed by atoms with Crippen molar-refractivity contribution in [2.75, 3.05) is 6.54 Å². The second kappa shape index (κ2) is 7.01. The van der Waals surface area contributed by atoms with Crippen LogP contribution in [0.4, 0.5) is 4.79 Å². The van der Waals surface area contributed by atoms with Crippen LogP contribution in [0.2, 0.25) is 0 Å². The third-order valence-electron chi connectivity index (χ3n) is 2.49.